The smallest absolute Gasteiger partial charge is 0.325 e. The van der Waals surface area contributed by atoms with Gasteiger partial charge in [-0.1, -0.05) is 29.8 Å². The van der Waals surface area contributed by atoms with E-state index in [1.165, 1.54) is 4.68 Å². The van der Waals surface area contributed by atoms with Crippen molar-refractivity contribution in [1.82, 2.24) is 14.8 Å². The van der Waals surface area contributed by atoms with E-state index >= 15 is 0 Å². The molecule has 0 aliphatic heterocycles. The van der Waals surface area contributed by atoms with Crippen molar-refractivity contribution in [3.8, 4) is 11.4 Å². The van der Waals surface area contributed by atoms with Crippen LogP contribution in [0.3, 0.4) is 0 Å². The number of rotatable bonds is 3. The molecule has 2 rings (SSSR count). The molecule has 0 atom stereocenters. The van der Waals surface area contributed by atoms with Crippen molar-refractivity contribution in [2.75, 3.05) is 0 Å². The van der Waals surface area contributed by atoms with Crippen LogP contribution in [0.5, 0.6) is 0 Å². The summed E-state index contributed by atoms with van der Waals surface area (Å²) in [5.41, 5.74) is 2.01. The zero-order chi connectivity index (χ0) is 12.4. The highest BCUT2D eigenvalue weighted by molar-refractivity contribution is 9.10. The number of carbonyl (C=O) groups is 1. The summed E-state index contributed by atoms with van der Waals surface area (Å²) in [5.74, 6) is -0.441. The molecule has 1 heterocycles. The molecule has 0 fully saturated rings. The minimum atomic E-state index is -0.953. The maximum atomic E-state index is 10.6. The molecule has 5 nitrogen and oxygen atoms in total. The zero-order valence-electron chi connectivity index (χ0n) is 9.09. The molecule has 6 heteroatoms. The second kappa shape index (κ2) is 4.67. The van der Waals surface area contributed by atoms with Crippen LogP contribution in [0, 0.1) is 6.92 Å². The largest absolute Gasteiger partial charge is 0.480 e. The second-order valence-electron chi connectivity index (χ2n) is 3.62. The maximum Gasteiger partial charge on any atom is 0.325 e. The second-order valence-corrected chi connectivity index (χ2v) is 4.33. The summed E-state index contributed by atoms with van der Waals surface area (Å²) < 4.78 is 1.72. The number of halogens is 1. The third-order valence-electron chi connectivity index (χ3n) is 2.22. The highest BCUT2D eigenvalue weighted by atomic mass is 79.9. The zero-order valence-corrected chi connectivity index (χ0v) is 10.7. The van der Waals surface area contributed by atoms with Gasteiger partial charge < -0.3 is 5.11 Å². The van der Waals surface area contributed by atoms with Crippen molar-refractivity contribution in [3.63, 3.8) is 0 Å². The molecule has 0 radical (unpaired) electrons. The predicted molar refractivity (Wildman–Crippen MR) is 65.5 cm³/mol. The van der Waals surface area contributed by atoms with Gasteiger partial charge in [0.05, 0.1) is 0 Å². The molecule has 88 valence electrons. The third-order valence-corrected chi connectivity index (χ3v) is 2.81. The summed E-state index contributed by atoms with van der Waals surface area (Å²) in [6, 6.07) is 7.73. The Kier molecular flexibility index (Phi) is 3.23. The minimum Gasteiger partial charge on any atom is -0.480 e. The van der Waals surface area contributed by atoms with Crippen molar-refractivity contribution in [2.45, 2.75) is 13.5 Å². The topological polar surface area (TPSA) is 68.0 Å². The molecule has 1 N–H and O–H groups in total. The maximum absolute atomic E-state index is 10.6. The fourth-order valence-corrected chi connectivity index (χ4v) is 1.75. The van der Waals surface area contributed by atoms with Crippen molar-refractivity contribution in [1.29, 1.82) is 0 Å². The Bertz CT molecular complexity index is 548. The molecule has 17 heavy (non-hydrogen) atoms. The van der Waals surface area contributed by atoms with E-state index in [9.17, 15) is 4.79 Å². The van der Waals surface area contributed by atoms with E-state index in [0.29, 0.717) is 10.6 Å². The van der Waals surface area contributed by atoms with Gasteiger partial charge >= 0.3 is 5.97 Å². The summed E-state index contributed by atoms with van der Waals surface area (Å²) >= 11 is 3.18. The number of hydrogen-bond acceptors (Lipinski definition) is 3. The summed E-state index contributed by atoms with van der Waals surface area (Å²) in [7, 11) is 0. The standard InChI is InChI=1S/C11H10BrN3O2/c1-7-2-4-8(5-3-7)10-13-11(12)15(14-10)6-9(16)17/h2-5H,6H2,1H3,(H,16,17). The van der Waals surface area contributed by atoms with Crippen LogP contribution in [0.1, 0.15) is 5.56 Å². The van der Waals surface area contributed by atoms with E-state index in [4.69, 9.17) is 5.11 Å². The molecular weight excluding hydrogens is 286 g/mol. The monoisotopic (exact) mass is 295 g/mol. The lowest BCUT2D eigenvalue weighted by Gasteiger charge is -1.96. The van der Waals surface area contributed by atoms with Crippen molar-refractivity contribution >= 4 is 21.9 Å². The highest BCUT2D eigenvalue weighted by Crippen LogP contribution is 2.18. The van der Waals surface area contributed by atoms with E-state index in [-0.39, 0.29) is 6.54 Å². The fraction of sp³-hybridized carbons (Fsp3) is 0.182. The molecule has 0 aliphatic rings. The van der Waals surface area contributed by atoms with Crippen molar-refractivity contribution in [2.24, 2.45) is 0 Å². The average Bonchev–Trinajstić information content (AvgIpc) is 2.60. The van der Waals surface area contributed by atoms with Gasteiger partial charge in [0.1, 0.15) is 6.54 Å². The first kappa shape index (κ1) is 11.8. The van der Waals surface area contributed by atoms with Gasteiger partial charge in [0.2, 0.25) is 0 Å². The lowest BCUT2D eigenvalue weighted by atomic mass is 10.1. The molecule has 0 saturated heterocycles. The van der Waals surface area contributed by atoms with Gasteiger partial charge in [-0.05, 0) is 22.9 Å². The van der Waals surface area contributed by atoms with Gasteiger partial charge in [-0.3, -0.25) is 4.79 Å². The number of carboxylic acids is 1. The fourth-order valence-electron chi connectivity index (χ4n) is 1.38. The van der Waals surface area contributed by atoms with Crippen molar-refractivity contribution < 1.29 is 9.90 Å². The van der Waals surface area contributed by atoms with Crippen LogP contribution in [-0.2, 0) is 11.3 Å². The van der Waals surface area contributed by atoms with Gasteiger partial charge in [0, 0.05) is 5.56 Å². The number of carboxylic acid groups (broad SMARTS) is 1. The van der Waals surface area contributed by atoms with E-state index in [0.717, 1.165) is 11.1 Å². The molecule has 0 bridgehead atoms. The lowest BCUT2D eigenvalue weighted by molar-refractivity contribution is -0.137. The number of nitrogens with zero attached hydrogens (tertiary/aromatic N) is 3. The normalized spacial score (nSPS) is 10.5. The Labute approximate surface area is 106 Å². The Balaban J connectivity index is 2.34. The number of aromatic nitrogens is 3. The summed E-state index contributed by atoms with van der Waals surface area (Å²) in [6.07, 6.45) is 0. The molecule has 2 aromatic rings. The number of hydrogen-bond donors (Lipinski definition) is 1. The first-order valence-electron chi connectivity index (χ1n) is 4.95. The molecule has 0 saturated carbocycles. The highest BCUT2D eigenvalue weighted by Gasteiger charge is 2.11. The summed E-state index contributed by atoms with van der Waals surface area (Å²) in [5, 5.41) is 12.8. The molecule has 1 aromatic carbocycles. The predicted octanol–water partition coefficient (Wildman–Crippen LogP) is 2.10. The Morgan fingerprint density at radius 1 is 1.41 bits per heavy atom. The van der Waals surface area contributed by atoms with Crippen LogP contribution in [0.4, 0.5) is 0 Å². The van der Waals surface area contributed by atoms with Gasteiger partial charge in [-0.15, -0.1) is 5.10 Å². The molecule has 0 unspecified atom stereocenters. The Morgan fingerprint density at radius 2 is 2.06 bits per heavy atom. The molecule has 0 spiro atoms. The number of benzene rings is 1. The van der Waals surface area contributed by atoms with E-state index in [1.807, 2.05) is 31.2 Å². The van der Waals surface area contributed by atoms with Crippen LogP contribution in [-0.4, -0.2) is 25.8 Å². The Hall–Kier alpha value is -1.69. The first-order chi connectivity index (χ1) is 8.06. The summed E-state index contributed by atoms with van der Waals surface area (Å²) in [4.78, 5) is 14.8. The first-order valence-corrected chi connectivity index (χ1v) is 5.75. The molecular formula is C11H10BrN3O2. The van der Waals surface area contributed by atoms with Crippen LogP contribution >= 0.6 is 15.9 Å². The van der Waals surface area contributed by atoms with E-state index in [1.54, 1.807) is 0 Å². The number of aliphatic carboxylic acids is 1. The van der Waals surface area contributed by atoms with Crippen LogP contribution in [0.2, 0.25) is 0 Å². The van der Waals surface area contributed by atoms with Gasteiger partial charge in [0.15, 0.2) is 10.6 Å². The Morgan fingerprint density at radius 3 is 2.65 bits per heavy atom. The molecule has 1 aromatic heterocycles. The molecule has 0 amide bonds. The minimum absolute atomic E-state index is 0.209. The molecule has 0 aliphatic carbocycles. The number of aryl methyl sites for hydroxylation is 1. The van der Waals surface area contributed by atoms with Crippen LogP contribution < -0.4 is 0 Å². The quantitative estimate of drug-likeness (QED) is 0.941. The average molecular weight is 296 g/mol. The lowest BCUT2D eigenvalue weighted by Crippen LogP contribution is -2.10. The van der Waals surface area contributed by atoms with Gasteiger partial charge in [0.25, 0.3) is 0 Å². The van der Waals surface area contributed by atoms with E-state index < -0.39 is 5.97 Å². The SMILES string of the molecule is Cc1ccc(-c2nc(Br)n(CC(=O)O)n2)cc1. The van der Waals surface area contributed by atoms with Gasteiger partial charge in [-0.2, -0.15) is 0 Å². The van der Waals surface area contributed by atoms with Crippen LogP contribution in [0.15, 0.2) is 29.0 Å². The third kappa shape index (κ3) is 2.71. The van der Waals surface area contributed by atoms with E-state index in [2.05, 4.69) is 26.0 Å². The van der Waals surface area contributed by atoms with Gasteiger partial charge in [-0.25, -0.2) is 9.67 Å². The summed E-state index contributed by atoms with van der Waals surface area (Å²) in [6.45, 7) is 1.79. The van der Waals surface area contributed by atoms with Crippen molar-refractivity contribution in [3.05, 3.63) is 34.6 Å². The van der Waals surface area contributed by atoms with Crippen LogP contribution in [0.25, 0.3) is 11.4 Å².